The molecule has 0 spiro atoms. The Labute approximate surface area is 99.5 Å². The van der Waals surface area contributed by atoms with Gasteiger partial charge in [0.25, 0.3) is 0 Å². The smallest absolute Gasteiger partial charge is 0.123 e. The highest BCUT2D eigenvalue weighted by Gasteiger charge is 2.13. The number of imidazole rings is 1. The Balaban J connectivity index is 2.20. The van der Waals surface area contributed by atoms with Crippen LogP contribution in [0.4, 0.5) is 4.39 Å². The van der Waals surface area contributed by atoms with E-state index in [1.165, 1.54) is 12.1 Å². The van der Waals surface area contributed by atoms with Crippen LogP contribution in [-0.2, 0) is 13.5 Å². The van der Waals surface area contributed by atoms with E-state index in [4.69, 9.17) is 0 Å². The zero-order valence-corrected chi connectivity index (χ0v) is 9.89. The second kappa shape index (κ2) is 4.67. The van der Waals surface area contributed by atoms with Gasteiger partial charge >= 0.3 is 0 Å². The van der Waals surface area contributed by atoms with Gasteiger partial charge in [0.2, 0.25) is 0 Å². The van der Waals surface area contributed by atoms with Gasteiger partial charge in [-0.05, 0) is 30.2 Å². The number of aliphatic hydroxyl groups excluding tert-OH is 1. The zero-order valence-electron chi connectivity index (χ0n) is 9.89. The third kappa shape index (κ3) is 2.53. The minimum absolute atomic E-state index is 0.282. The lowest BCUT2D eigenvalue weighted by atomic mass is 10.0. The molecule has 0 aliphatic rings. The van der Waals surface area contributed by atoms with Crippen LogP contribution in [0.5, 0.6) is 0 Å². The summed E-state index contributed by atoms with van der Waals surface area (Å²) in [6.45, 7) is 1.79. The van der Waals surface area contributed by atoms with E-state index in [1.54, 1.807) is 19.2 Å². The molecule has 0 aliphatic heterocycles. The van der Waals surface area contributed by atoms with Crippen molar-refractivity contribution in [3.63, 3.8) is 0 Å². The summed E-state index contributed by atoms with van der Waals surface area (Å²) >= 11 is 0. The fourth-order valence-electron chi connectivity index (χ4n) is 1.89. The SMILES string of the molecule is Cc1cc(F)ccc1C(O)Cc1nccn1C. The summed E-state index contributed by atoms with van der Waals surface area (Å²) in [7, 11) is 1.88. The molecule has 0 radical (unpaired) electrons. The average Bonchev–Trinajstić information content (AvgIpc) is 2.64. The highest BCUT2D eigenvalue weighted by atomic mass is 19.1. The first-order valence-electron chi connectivity index (χ1n) is 5.48. The highest BCUT2D eigenvalue weighted by molar-refractivity contribution is 5.29. The molecule has 0 fully saturated rings. The first-order valence-corrected chi connectivity index (χ1v) is 5.48. The van der Waals surface area contributed by atoms with Crippen LogP contribution in [0, 0.1) is 12.7 Å². The molecule has 3 nitrogen and oxygen atoms in total. The molecule has 2 aromatic rings. The van der Waals surface area contributed by atoms with Gasteiger partial charge in [0, 0.05) is 25.9 Å². The third-order valence-electron chi connectivity index (χ3n) is 2.89. The molecule has 0 saturated carbocycles. The summed E-state index contributed by atoms with van der Waals surface area (Å²) < 4.78 is 14.8. The Morgan fingerprint density at radius 1 is 1.47 bits per heavy atom. The first kappa shape index (κ1) is 11.8. The predicted octanol–water partition coefficient (Wildman–Crippen LogP) is 2.14. The molecule has 1 aromatic heterocycles. The Morgan fingerprint density at radius 3 is 2.82 bits per heavy atom. The first-order chi connectivity index (χ1) is 8.08. The van der Waals surface area contributed by atoms with Gasteiger partial charge in [0.1, 0.15) is 11.6 Å². The summed E-state index contributed by atoms with van der Waals surface area (Å²) in [5.74, 6) is 0.525. The van der Waals surface area contributed by atoms with Crippen molar-refractivity contribution in [3.05, 3.63) is 53.4 Å². The fraction of sp³-hybridized carbons (Fsp3) is 0.308. The fourth-order valence-corrected chi connectivity index (χ4v) is 1.89. The Hall–Kier alpha value is -1.68. The number of aromatic nitrogens is 2. The number of aliphatic hydroxyl groups is 1. The maximum atomic E-state index is 13.0. The predicted molar refractivity (Wildman–Crippen MR) is 63.0 cm³/mol. The van der Waals surface area contributed by atoms with Crippen LogP contribution < -0.4 is 0 Å². The largest absolute Gasteiger partial charge is 0.388 e. The van der Waals surface area contributed by atoms with Crippen molar-refractivity contribution >= 4 is 0 Å². The van der Waals surface area contributed by atoms with Gasteiger partial charge in [-0.1, -0.05) is 6.07 Å². The third-order valence-corrected chi connectivity index (χ3v) is 2.89. The molecule has 0 amide bonds. The second-order valence-corrected chi connectivity index (χ2v) is 4.18. The number of nitrogens with zero attached hydrogens (tertiary/aromatic N) is 2. The summed E-state index contributed by atoms with van der Waals surface area (Å²) in [5.41, 5.74) is 1.50. The van der Waals surface area contributed by atoms with Gasteiger partial charge in [0.05, 0.1) is 6.10 Å². The number of hydrogen-bond acceptors (Lipinski definition) is 2. The van der Waals surface area contributed by atoms with E-state index in [2.05, 4.69) is 4.98 Å². The van der Waals surface area contributed by atoms with Crippen molar-refractivity contribution in [3.8, 4) is 0 Å². The van der Waals surface area contributed by atoms with Crippen LogP contribution in [0.3, 0.4) is 0 Å². The summed E-state index contributed by atoms with van der Waals surface area (Å²) in [6.07, 6.45) is 3.30. The quantitative estimate of drug-likeness (QED) is 0.883. The molecule has 2 rings (SSSR count). The van der Waals surface area contributed by atoms with Crippen molar-refractivity contribution in [2.24, 2.45) is 7.05 Å². The van der Waals surface area contributed by atoms with Gasteiger partial charge in [-0.25, -0.2) is 9.37 Å². The van der Waals surface area contributed by atoms with E-state index in [9.17, 15) is 9.50 Å². The topological polar surface area (TPSA) is 38.1 Å². The summed E-state index contributed by atoms with van der Waals surface area (Å²) in [4.78, 5) is 4.16. The monoisotopic (exact) mass is 234 g/mol. The minimum atomic E-state index is -0.656. The maximum Gasteiger partial charge on any atom is 0.123 e. The van der Waals surface area contributed by atoms with Crippen LogP contribution in [0.15, 0.2) is 30.6 Å². The molecule has 0 saturated heterocycles. The molecular formula is C13H15FN2O. The number of rotatable bonds is 3. The maximum absolute atomic E-state index is 13.0. The summed E-state index contributed by atoms with van der Waals surface area (Å²) in [5, 5.41) is 10.1. The molecule has 4 heteroatoms. The Bertz CT molecular complexity index is 522. The molecule has 0 bridgehead atoms. The van der Waals surface area contributed by atoms with Crippen LogP contribution in [-0.4, -0.2) is 14.7 Å². The van der Waals surface area contributed by atoms with Gasteiger partial charge in [0.15, 0.2) is 0 Å². The van der Waals surface area contributed by atoms with Crippen molar-refractivity contribution in [2.75, 3.05) is 0 Å². The van der Waals surface area contributed by atoms with Crippen molar-refractivity contribution in [1.82, 2.24) is 9.55 Å². The zero-order chi connectivity index (χ0) is 12.4. The molecule has 17 heavy (non-hydrogen) atoms. The average molecular weight is 234 g/mol. The van der Waals surface area contributed by atoms with Gasteiger partial charge in [-0.3, -0.25) is 0 Å². The molecule has 1 unspecified atom stereocenters. The molecule has 1 heterocycles. The number of hydrogen-bond donors (Lipinski definition) is 1. The van der Waals surface area contributed by atoms with Crippen LogP contribution >= 0.6 is 0 Å². The van der Waals surface area contributed by atoms with Crippen molar-refractivity contribution < 1.29 is 9.50 Å². The lowest BCUT2D eigenvalue weighted by Gasteiger charge is -2.13. The van der Waals surface area contributed by atoms with Crippen molar-refractivity contribution in [2.45, 2.75) is 19.4 Å². The van der Waals surface area contributed by atoms with E-state index >= 15 is 0 Å². The number of aryl methyl sites for hydroxylation is 2. The van der Waals surface area contributed by atoms with Gasteiger partial charge in [-0.2, -0.15) is 0 Å². The molecule has 90 valence electrons. The van der Waals surface area contributed by atoms with E-state index in [-0.39, 0.29) is 5.82 Å². The molecule has 1 N–H and O–H groups in total. The van der Waals surface area contributed by atoms with Crippen LogP contribution in [0.1, 0.15) is 23.1 Å². The molecular weight excluding hydrogens is 219 g/mol. The molecule has 1 aromatic carbocycles. The number of halogens is 1. The van der Waals surface area contributed by atoms with Crippen LogP contribution in [0.25, 0.3) is 0 Å². The van der Waals surface area contributed by atoms with E-state index in [1.807, 2.05) is 17.8 Å². The van der Waals surface area contributed by atoms with Gasteiger partial charge < -0.3 is 9.67 Å². The van der Waals surface area contributed by atoms with Crippen LogP contribution in [0.2, 0.25) is 0 Å². The normalized spacial score (nSPS) is 12.7. The lowest BCUT2D eigenvalue weighted by Crippen LogP contribution is -2.08. The van der Waals surface area contributed by atoms with E-state index in [0.717, 1.165) is 17.0 Å². The molecule has 0 aliphatic carbocycles. The highest BCUT2D eigenvalue weighted by Crippen LogP contribution is 2.21. The van der Waals surface area contributed by atoms with E-state index in [0.29, 0.717) is 6.42 Å². The summed E-state index contributed by atoms with van der Waals surface area (Å²) in [6, 6.07) is 4.42. The standard InChI is InChI=1S/C13H15FN2O/c1-9-7-10(14)3-4-11(9)12(17)8-13-15-5-6-16(13)2/h3-7,12,17H,8H2,1-2H3. The van der Waals surface area contributed by atoms with Gasteiger partial charge in [-0.15, -0.1) is 0 Å². The second-order valence-electron chi connectivity index (χ2n) is 4.18. The number of benzene rings is 1. The Morgan fingerprint density at radius 2 is 2.24 bits per heavy atom. The van der Waals surface area contributed by atoms with E-state index < -0.39 is 6.10 Å². The Kier molecular flexibility index (Phi) is 3.24. The van der Waals surface area contributed by atoms with Crippen molar-refractivity contribution in [1.29, 1.82) is 0 Å². The minimum Gasteiger partial charge on any atom is -0.388 e. The molecule has 1 atom stereocenters. The lowest BCUT2D eigenvalue weighted by molar-refractivity contribution is 0.174.